The van der Waals surface area contributed by atoms with Crippen LogP contribution in [0.2, 0.25) is 0 Å². The molecule has 1 aromatic heterocycles. The summed E-state index contributed by atoms with van der Waals surface area (Å²) < 4.78 is 26.1. The summed E-state index contributed by atoms with van der Waals surface area (Å²) in [7, 11) is 0. The Morgan fingerprint density at radius 2 is 1.90 bits per heavy atom. The predicted octanol–water partition coefficient (Wildman–Crippen LogP) is 4.02. The van der Waals surface area contributed by atoms with Crippen molar-refractivity contribution in [2.75, 3.05) is 19.0 Å². The summed E-state index contributed by atoms with van der Waals surface area (Å²) in [5.74, 6) is 1.65. The molecule has 0 fully saturated rings. The molecule has 0 bridgehead atoms. The van der Waals surface area contributed by atoms with Gasteiger partial charge in [0.1, 0.15) is 19.0 Å². The minimum Gasteiger partial charge on any atom is -0.486 e. The summed E-state index contributed by atoms with van der Waals surface area (Å²) in [5, 5.41) is 9.02. The number of thioether (sulfide) groups is 1. The van der Waals surface area contributed by atoms with Crippen molar-refractivity contribution in [3.05, 3.63) is 66.5 Å². The quantitative estimate of drug-likeness (QED) is 0.332. The highest BCUT2D eigenvalue weighted by Crippen LogP contribution is 2.31. The molecule has 0 aliphatic carbocycles. The molecule has 0 spiro atoms. The Morgan fingerprint density at radius 3 is 2.66 bits per heavy atom. The number of aromatic nitrogens is 3. The van der Waals surface area contributed by atoms with Crippen molar-refractivity contribution in [1.29, 1.82) is 0 Å². The van der Waals surface area contributed by atoms with Gasteiger partial charge in [-0.15, -0.1) is 16.8 Å². The van der Waals surface area contributed by atoms with Gasteiger partial charge in [0.05, 0.1) is 5.75 Å². The fourth-order valence-corrected chi connectivity index (χ4v) is 3.77. The maximum atomic E-state index is 13.2. The van der Waals surface area contributed by atoms with Gasteiger partial charge >= 0.3 is 0 Å². The summed E-state index contributed by atoms with van der Waals surface area (Å²) in [6.07, 6.45) is 1.73. The highest BCUT2D eigenvalue weighted by Gasteiger charge is 2.18. The molecule has 29 heavy (non-hydrogen) atoms. The number of benzene rings is 2. The Bertz CT molecular complexity index is 1050. The van der Waals surface area contributed by atoms with Gasteiger partial charge < -0.3 is 9.47 Å². The molecule has 2 heterocycles. The van der Waals surface area contributed by atoms with E-state index in [1.807, 2.05) is 4.57 Å². The standard InChI is InChI=1S/C21H18FN3O3S/c1-2-9-25-20(14-3-6-16(22)7-4-14)23-24-21(25)29-13-17(26)15-5-8-18-19(12-15)28-11-10-27-18/h2-8,12H,1,9-11,13H2. The highest BCUT2D eigenvalue weighted by atomic mass is 32.2. The monoisotopic (exact) mass is 411 g/mol. The number of ether oxygens (including phenoxy) is 2. The first-order chi connectivity index (χ1) is 14.2. The van der Waals surface area contributed by atoms with Crippen LogP contribution in [0.5, 0.6) is 11.5 Å². The highest BCUT2D eigenvalue weighted by molar-refractivity contribution is 7.99. The van der Waals surface area contributed by atoms with Crippen LogP contribution in [0.15, 0.2) is 60.3 Å². The van der Waals surface area contributed by atoms with Crippen molar-refractivity contribution in [2.24, 2.45) is 0 Å². The van der Waals surface area contributed by atoms with Gasteiger partial charge in [-0.2, -0.15) is 0 Å². The number of rotatable bonds is 7. The van der Waals surface area contributed by atoms with Crippen LogP contribution in [0.1, 0.15) is 10.4 Å². The van der Waals surface area contributed by atoms with E-state index in [0.717, 1.165) is 5.56 Å². The van der Waals surface area contributed by atoms with Gasteiger partial charge in [-0.25, -0.2) is 4.39 Å². The molecule has 2 aromatic carbocycles. The molecule has 1 aliphatic rings. The lowest BCUT2D eigenvalue weighted by atomic mass is 10.1. The fourth-order valence-electron chi connectivity index (χ4n) is 2.93. The van der Waals surface area contributed by atoms with Gasteiger partial charge in [-0.3, -0.25) is 9.36 Å². The number of halogens is 1. The largest absolute Gasteiger partial charge is 0.486 e. The van der Waals surface area contributed by atoms with Crippen molar-refractivity contribution in [3.63, 3.8) is 0 Å². The van der Waals surface area contributed by atoms with Crippen molar-refractivity contribution >= 4 is 17.5 Å². The zero-order valence-electron chi connectivity index (χ0n) is 15.5. The second kappa shape index (κ2) is 8.48. The molecular formula is C21H18FN3O3S. The lowest BCUT2D eigenvalue weighted by molar-refractivity contribution is 0.102. The number of allylic oxidation sites excluding steroid dienone is 1. The van der Waals surface area contributed by atoms with Gasteiger partial charge in [-0.05, 0) is 42.5 Å². The maximum Gasteiger partial charge on any atom is 0.192 e. The molecule has 0 N–H and O–H groups in total. The molecule has 148 valence electrons. The van der Waals surface area contributed by atoms with Crippen LogP contribution in [-0.2, 0) is 6.54 Å². The van der Waals surface area contributed by atoms with Gasteiger partial charge in [0.2, 0.25) is 0 Å². The molecule has 0 atom stereocenters. The van der Waals surface area contributed by atoms with Crippen LogP contribution in [0.25, 0.3) is 11.4 Å². The van der Waals surface area contributed by atoms with E-state index in [2.05, 4.69) is 16.8 Å². The van der Waals surface area contributed by atoms with E-state index in [4.69, 9.17) is 9.47 Å². The van der Waals surface area contributed by atoms with Gasteiger partial charge in [0, 0.05) is 17.7 Å². The van der Waals surface area contributed by atoms with Crippen LogP contribution < -0.4 is 9.47 Å². The Hall–Kier alpha value is -3.13. The number of Topliss-reactive ketones (excluding diaryl/α,β-unsaturated/α-hetero) is 1. The molecule has 0 amide bonds. The average Bonchev–Trinajstić information content (AvgIpc) is 3.15. The summed E-state index contributed by atoms with van der Waals surface area (Å²) >= 11 is 1.29. The van der Waals surface area contributed by atoms with Crippen LogP contribution in [0.3, 0.4) is 0 Å². The van der Waals surface area contributed by atoms with Crippen LogP contribution >= 0.6 is 11.8 Å². The van der Waals surface area contributed by atoms with Gasteiger partial charge in [0.25, 0.3) is 0 Å². The van der Waals surface area contributed by atoms with E-state index in [-0.39, 0.29) is 17.4 Å². The molecule has 6 nitrogen and oxygen atoms in total. The van der Waals surface area contributed by atoms with Gasteiger partial charge in [-0.1, -0.05) is 17.8 Å². The first kappa shape index (κ1) is 19.2. The third kappa shape index (κ3) is 4.17. The Kier molecular flexibility index (Phi) is 5.62. The average molecular weight is 411 g/mol. The summed E-state index contributed by atoms with van der Waals surface area (Å²) in [4.78, 5) is 12.7. The topological polar surface area (TPSA) is 66.2 Å². The Morgan fingerprint density at radius 1 is 1.14 bits per heavy atom. The molecule has 3 aromatic rings. The second-order valence-electron chi connectivity index (χ2n) is 6.28. The smallest absolute Gasteiger partial charge is 0.192 e. The molecule has 0 radical (unpaired) electrons. The van der Waals surface area contributed by atoms with E-state index < -0.39 is 0 Å². The minimum absolute atomic E-state index is 0.0524. The summed E-state index contributed by atoms with van der Waals surface area (Å²) in [6, 6.07) is 11.2. The number of carbonyl (C=O) groups is 1. The van der Waals surface area contributed by atoms with Crippen molar-refractivity contribution in [1.82, 2.24) is 14.8 Å². The van der Waals surface area contributed by atoms with E-state index >= 15 is 0 Å². The number of ketones is 1. The third-order valence-corrected chi connectivity index (χ3v) is 5.29. The lowest BCUT2D eigenvalue weighted by Gasteiger charge is -2.18. The van der Waals surface area contributed by atoms with Crippen LogP contribution in [0.4, 0.5) is 4.39 Å². The Labute approximate surface area is 171 Å². The van der Waals surface area contributed by atoms with Crippen LogP contribution in [-0.4, -0.2) is 39.5 Å². The lowest BCUT2D eigenvalue weighted by Crippen LogP contribution is -2.16. The summed E-state index contributed by atoms with van der Waals surface area (Å²) in [6.45, 7) is 5.22. The zero-order chi connectivity index (χ0) is 20.2. The van der Waals surface area contributed by atoms with E-state index in [1.165, 1.54) is 23.9 Å². The SMILES string of the molecule is C=CCn1c(SCC(=O)c2ccc3c(c2)OCCO3)nnc1-c1ccc(F)cc1. The molecule has 8 heteroatoms. The predicted molar refractivity (Wildman–Crippen MR) is 108 cm³/mol. The maximum absolute atomic E-state index is 13.2. The number of nitrogens with zero attached hydrogens (tertiary/aromatic N) is 3. The first-order valence-electron chi connectivity index (χ1n) is 9.01. The van der Waals surface area contributed by atoms with Gasteiger partial charge in [0.15, 0.2) is 28.3 Å². The van der Waals surface area contributed by atoms with Crippen molar-refractivity contribution in [3.8, 4) is 22.9 Å². The van der Waals surface area contributed by atoms with Crippen LogP contribution in [0, 0.1) is 5.82 Å². The zero-order valence-corrected chi connectivity index (χ0v) is 16.3. The summed E-state index contributed by atoms with van der Waals surface area (Å²) in [5.41, 5.74) is 1.29. The first-order valence-corrected chi connectivity index (χ1v) is 10.00. The minimum atomic E-state index is -0.317. The van der Waals surface area contributed by atoms with Crippen molar-refractivity contribution in [2.45, 2.75) is 11.7 Å². The number of carbonyl (C=O) groups excluding carboxylic acids is 1. The fraction of sp³-hybridized carbons (Fsp3) is 0.190. The number of hydrogen-bond acceptors (Lipinski definition) is 6. The number of hydrogen-bond donors (Lipinski definition) is 0. The molecule has 0 saturated carbocycles. The molecule has 4 rings (SSSR count). The van der Waals surface area contributed by atoms with E-state index in [9.17, 15) is 9.18 Å². The molecule has 0 saturated heterocycles. The third-order valence-electron chi connectivity index (χ3n) is 4.33. The molecule has 1 aliphatic heterocycles. The molecule has 0 unspecified atom stereocenters. The van der Waals surface area contributed by atoms with E-state index in [1.54, 1.807) is 36.4 Å². The molecular weight excluding hydrogens is 393 g/mol. The Balaban J connectivity index is 1.51. The number of fused-ring (bicyclic) bond motifs is 1. The van der Waals surface area contributed by atoms with Crippen molar-refractivity contribution < 1.29 is 18.7 Å². The normalized spacial score (nSPS) is 12.6. The second-order valence-corrected chi connectivity index (χ2v) is 7.23. The van der Waals surface area contributed by atoms with E-state index in [0.29, 0.717) is 47.8 Å².